The predicted octanol–water partition coefficient (Wildman–Crippen LogP) is 3.37. The number of carbonyl (C=O) groups is 2. The molecule has 2 rings (SSSR count). The predicted molar refractivity (Wildman–Crippen MR) is 93.9 cm³/mol. The number of ether oxygens (including phenoxy) is 2. The van der Waals surface area contributed by atoms with E-state index >= 15 is 0 Å². The van der Waals surface area contributed by atoms with E-state index in [1.54, 1.807) is 20.8 Å². The number of hydrogen-bond donors (Lipinski definition) is 2. The van der Waals surface area contributed by atoms with Crippen LogP contribution in [0.5, 0.6) is 5.75 Å². The zero-order valence-electron chi connectivity index (χ0n) is 16.0. The fraction of sp³-hybridized carbons (Fsp3) is 0.556. The molecule has 0 aliphatic carbocycles. The van der Waals surface area contributed by atoms with Gasteiger partial charge in [-0.25, -0.2) is 9.59 Å². The van der Waals surface area contributed by atoms with Crippen LogP contribution in [0.15, 0.2) is 18.2 Å². The van der Waals surface area contributed by atoms with Crippen LogP contribution in [0.4, 0.5) is 23.7 Å². The van der Waals surface area contributed by atoms with Gasteiger partial charge in [-0.2, -0.15) is 13.2 Å². The molecule has 0 bridgehead atoms. The second-order valence-electron chi connectivity index (χ2n) is 7.48. The second-order valence-corrected chi connectivity index (χ2v) is 7.48. The lowest BCUT2D eigenvalue weighted by molar-refractivity contribution is -0.145. The van der Waals surface area contributed by atoms with E-state index in [4.69, 9.17) is 9.47 Å². The molecule has 7 nitrogen and oxygen atoms in total. The average molecular weight is 404 g/mol. The molecular formula is C18H23F3N2O5. The van der Waals surface area contributed by atoms with Crippen LogP contribution in [0.3, 0.4) is 0 Å². The number of carbonyl (C=O) groups excluding carboxylic acids is 2. The molecule has 0 spiro atoms. The first-order chi connectivity index (χ1) is 12.8. The average Bonchev–Trinajstić information content (AvgIpc) is 2.97. The molecule has 1 amide bonds. The molecule has 0 aromatic heterocycles. The summed E-state index contributed by atoms with van der Waals surface area (Å²) >= 11 is 0. The van der Waals surface area contributed by atoms with Crippen LogP contribution in [0, 0.1) is 0 Å². The van der Waals surface area contributed by atoms with Crippen LogP contribution in [0.1, 0.15) is 32.8 Å². The molecule has 0 radical (unpaired) electrons. The standard InChI is InChI=1S/C18H23F3N2O5/c1-17(2,3)28-16(26)23-9-11(8-13(23)15(25)27-4)22-12-6-5-10(7-14(12)24)18(19,20)21/h5-7,11,13,22,24H,8-9H2,1-4H3. The molecule has 1 aromatic carbocycles. The molecule has 1 fully saturated rings. The Kier molecular flexibility index (Phi) is 6.00. The van der Waals surface area contributed by atoms with Crippen LogP contribution >= 0.6 is 0 Å². The van der Waals surface area contributed by atoms with Gasteiger partial charge in [0, 0.05) is 19.0 Å². The first-order valence-electron chi connectivity index (χ1n) is 8.56. The fourth-order valence-electron chi connectivity index (χ4n) is 2.87. The minimum Gasteiger partial charge on any atom is -0.506 e. The molecule has 2 N–H and O–H groups in total. The number of likely N-dealkylation sites (tertiary alicyclic amines) is 1. The highest BCUT2D eigenvalue weighted by Gasteiger charge is 2.42. The zero-order chi connectivity index (χ0) is 21.3. The van der Waals surface area contributed by atoms with Gasteiger partial charge in [0.15, 0.2) is 0 Å². The Morgan fingerprint density at radius 2 is 1.89 bits per heavy atom. The lowest BCUT2D eigenvalue weighted by Crippen LogP contribution is -2.44. The van der Waals surface area contributed by atoms with Crippen molar-refractivity contribution in [3.8, 4) is 5.75 Å². The topological polar surface area (TPSA) is 88.1 Å². The third-order valence-electron chi connectivity index (χ3n) is 4.09. The summed E-state index contributed by atoms with van der Waals surface area (Å²) in [4.78, 5) is 25.7. The van der Waals surface area contributed by atoms with Crippen LogP contribution in [-0.4, -0.2) is 53.4 Å². The summed E-state index contributed by atoms with van der Waals surface area (Å²) in [6.07, 6.45) is -5.14. The first-order valence-corrected chi connectivity index (χ1v) is 8.56. The van der Waals surface area contributed by atoms with Crippen LogP contribution in [0.25, 0.3) is 0 Å². The maximum atomic E-state index is 12.7. The van der Waals surface area contributed by atoms with E-state index in [1.165, 1.54) is 12.0 Å². The monoisotopic (exact) mass is 404 g/mol. The highest BCUT2D eigenvalue weighted by molar-refractivity contribution is 5.82. The van der Waals surface area contributed by atoms with Crippen molar-refractivity contribution in [1.82, 2.24) is 4.90 Å². The Bertz CT molecular complexity index is 746. The number of nitrogens with one attached hydrogen (secondary N) is 1. The largest absolute Gasteiger partial charge is 0.506 e. The number of phenolic OH excluding ortho intramolecular Hbond substituents is 1. The molecule has 1 saturated heterocycles. The van der Waals surface area contributed by atoms with Gasteiger partial charge >= 0.3 is 18.2 Å². The number of benzene rings is 1. The third-order valence-corrected chi connectivity index (χ3v) is 4.09. The van der Waals surface area contributed by atoms with E-state index in [1.807, 2.05) is 0 Å². The highest BCUT2D eigenvalue weighted by Crippen LogP contribution is 2.35. The van der Waals surface area contributed by atoms with Crippen molar-refractivity contribution in [3.63, 3.8) is 0 Å². The minimum absolute atomic E-state index is 0.0507. The van der Waals surface area contributed by atoms with E-state index in [-0.39, 0.29) is 18.7 Å². The first kappa shape index (κ1) is 21.6. The summed E-state index contributed by atoms with van der Waals surface area (Å²) in [7, 11) is 1.19. The number of anilines is 1. The summed E-state index contributed by atoms with van der Waals surface area (Å²) in [5.41, 5.74) is -1.69. The summed E-state index contributed by atoms with van der Waals surface area (Å²) in [6, 6.07) is 1.14. The maximum absolute atomic E-state index is 12.7. The SMILES string of the molecule is COC(=O)C1CC(Nc2ccc(C(F)(F)F)cc2O)CN1C(=O)OC(C)(C)C. The number of nitrogens with zero attached hydrogens (tertiary/aromatic N) is 1. The van der Waals surface area contributed by atoms with Crippen molar-refractivity contribution < 1.29 is 37.3 Å². The molecule has 28 heavy (non-hydrogen) atoms. The van der Waals surface area contributed by atoms with Gasteiger partial charge in [0.25, 0.3) is 0 Å². The number of aromatic hydroxyl groups is 1. The number of alkyl halides is 3. The van der Waals surface area contributed by atoms with E-state index in [0.29, 0.717) is 6.07 Å². The van der Waals surface area contributed by atoms with Gasteiger partial charge < -0.3 is 19.9 Å². The minimum atomic E-state index is -4.58. The number of phenols is 1. The molecule has 1 heterocycles. The Morgan fingerprint density at radius 1 is 1.25 bits per heavy atom. The number of hydrogen-bond acceptors (Lipinski definition) is 6. The normalized spacial score (nSPS) is 20.0. The third kappa shape index (κ3) is 5.20. The lowest BCUT2D eigenvalue weighted by Gasteiger charge is -2.27. The number of methoxy groups -OCH3 is 1. The van der Waals surface area contributed by atoms with Gasteiger partial charge in [-0.05, 0) is 39.0 Å². The van der Waals surface area contributed by atoms with Crippen LogP contribution < -0.4 is 5.32 Å². The summed E-state index contributed by atoms with van der Waals surface area (Å²) < 4.78 is 48.2. The van der Waals surface area contributed by atoms with Crippen molar-refractivity contribution in [3.05, 3.63) is 23.8 Å². The van der Waals surface area contributed by atoms with Crippen molar-refractivity contribution in [2.24, 2.45) is 0 Å². The number of halogens is 3. The van der Waals surface area contributed by atoms with Gasteiger partial charge in [0.05, 0.1) is 18.4 Å². The van der Waals surface area contributed by atoms with Crippen molar-refractivity contribution >= 4 is 17.7 Å². The van der Waals surface area contributed by atoms with Gasteiger partial charge in [0.1, 0.15) is 17.4 Å². The fourth-order valence-corrected chi connectivity index (χ4v) is 2.87. The van der Waals surface area contributed by atoms with E-state index in [9.17, 15) is 27.9 Å². The summed E-state index contributed by atoms with van der Waals surface area (Å²) in [5.74, 6) is -1.22. The number of rotatable bonds is 3. The number of esters is 1. The molecule has 1 aliphatic heterocycles. The zero-order valence-corrected chi connectivity index (χ0v) is 16.0. The maximum Gasteiger partial charge on any atom is 0.416 e. The van der Waals surface area contributed by atoms with Crippen molar-refractivity contribution in [1.29, 1.82) is 0 Å². The van der Waals surface area contributed by atoms with Crippen molar-refractivity contribution in [2.75, 3.05) is 19.0 Å². The summed E-state index contributed by atoms with van der Waals surface area (Å²) in [6.45, 7) is 5.10. The smallest absolute Gasteiger partial charge is 0.416 e. The second kappa shape index (κ2) is 7.76. The molecule has 2 atom stereocenters. The molecule has 1 aliphatic rings. The Balaban J connectivity index is 2.17. The molecule has 156 valence electrons. The quantitative estimate of drug-likeness (QED) is 0.593. The van der Waals surface area contributed by atoms with Crippen molar-refractivity contribution in [2.45, 2.75) is 51.1 Å². The molecular weight excluding hydrogens is 381 g/mol. The van der Waals surface area contributed by atoms with Gasteiger partial charge in [-0.15, -0.1) is 0 Å². The molecule has 10 heteroatoms. The van der Waals surface area contributed by atoms with Gasteiger partial charge in [-0.1, -0.05) is 0 Å². The van der Waals surface area contributed by atoms with Gasteiger partial charge in [-0.3, -0.25) is 4.90 Å². The van der Waals surface area contributed by atoms with Crippen LogP contribution in [-0.2, 0) is 20.4 Å². The van der Waals surface area contributed by atoms with E-state index < -0.39 is 47.2 Å². The number of amides is 1. The Hall–Kier alpha value is -2.65. The Labute approximate surface area is 160 Å². The Morgan fingerprint density at radius 3 is 2.39 bits per heavy atom. The molecule has 2 unspecified atom stereocenters. The molecule has 1 aromatic rings. The van der Waals surface area contributed by atoms with Crippen LogP contribution in [0.2, 0.25) is 0 Å². The molecule has 0 saturated carbocycles. The van der Waals surface area contributed by atoms with E-state index in [2.05, 4.69) is 5.32 Å². The van der Waals surface area contributed by atoms with Gasteiger partial charge in [0.2, 0.25) is 0 Å². The lowest BCUT2D eigenvalue weighted by atomic mass is 10.1. The van der Waals surface area contributed by atoms with E-state index in [0.717, 1.165) is 12.1 Å². The summed E-state index contributed by atoms with van der Waals surface area (Å²) in [5, 5.41) is 12.8. The highest BCUT2D eigenvalue weighted by atomic mass is 19.4.